The van der Waals surface area contributed by atoms with Crippen molar-refractivity contribution in [3.8, 4) is 0 Å². The smallest absolute Gasteiger partial charge is 0.303 e. The van der Waals surface area contributed by atoms with Gasteiger partial charge in [0, 0.05) is 45.8 Å². The molecule has 7 nitrogen and oxygen atoms in total. The average Bonchev–Trinajstić information content (AvgIpc) is 2.47. The molecule has 0 spiro atoms. The molecule has 0 heterocycles. The Bertz CT molecular complexity index is 298. The molecule has 0 aromatic heterocycles. The third kappa shape index (κ3) is 13.8. The van der Waals surface area contributed by atoms with Gasteiger partial charge in [-0.15, -0.1) is 0 Å². The van der Waals surface area contributed by atoms with E-state index in [2.05, 4.69) is 5.32 Å². The Morgan fingerprint density at radius 3 is 2.41 bits per heavy atom. The Kier molecular flexibility index (Phi) is 14.0. The fraction of sp³-hybridized carbons (Fsp3) is 0.867. The molecule has 0 rings (SSSR count). The van der Waals surface area contributed by atoms with Crippen LogP contribution in [-0.4, -0.2) is 60.2 Å². The van der Waals surface area contributed by atoms with E-state index in [0.717, 1.165) is 6.42 Å². The van der Waals surface area contributed by atoms with Crippen LogP contribution in [0.5, 0.6) is 0 Å². The Hall–Kier alpha value is -1.18. The molecule has 1 atom stereocenters. The number of amides is 1. The number of aliphatic hydroxyl groups excluding tert-OH is 2. The minimum absolute atomic E-state index is 0.0105. The molecule has 0 aliphatic heterocycles. The van der Waals surface area contributed by atoms with Crippen molar-refractivity contribution in [1.29, 1.82) is 0 Å². The number of carboxylic acid groups (broad SMARTS) is 1. The van der Waals surface area contributed by atoms with Crippen LogP contribution in [0.2, 0.25) is 0 Å². The number of aliphatic carboxylic acids is 1. The van der Waals surface area contributed by atoms with E-state index in [4.69, 9.17) is 20.1 Å². The lowest BCUT2D eigenvalue weighted by molar-refractivity contribution is -0.137. The Morgan fingerprint density at radius 1 is 1.00 bits per heavy atom. The predicted octanol–water partition coefficient (Wildman–Crippen LogP) is 0.535. The fourth-order valence-corrected chi connectivity index (χ4v) is 2.01. The number of aliphatic hydroxyl groups is 2. The number of ether oxygens (including phenoxy) is 1. The minimum Gasteiger partial charge on any atom is -0.481 e. The Balaban J connectivity index is 3.50. The Labute approximate surface area is 131 Å². The number of rotatable bonds is 15. The number of hydrogen-bond donors (Lipinski definition) is 4. The predicted molar refractivity (Wildman–Crippen MR) is 81.4 cm³/mol. The number of carboxylic acids is 1. The van der Waals surface area contributed by atoms with Gasteiger partial charge >= 0.3 is 5.97 Å². The molecule has 0 saturated heterocycles. The van der Waals surface area contributed by atoms with Gasteiger partial charge in [0.2, 0.25) is 5.91 Å². The van der Waals surface area contributed by atoms with Crippen LogP contribution < -0.4 is 5.32 Å². The van der Waals surface area contributed by atoms with Gasteiger partial charge in [0.15, 0.2) is 0 Å². The van der Waals surface area contributed by atoms with Crippen molar-refractivity contribution >= 4 is 11.9 Å². The first-order valence-corrected chi connectivity index (χ1v) is 7.88. The molecule has 0 aromatic rings. The van der Waals surface area contributed by atoms with Crippen LogP contribution in [0.3, 0.4) is 0 Å². The van der Waals surface area contributed by atoms with Crippen LogP contribution in [-0.2, 0) is 14.3 Å². The third-order valence-electron chi connectivity index (χ3n) is 3.24. The molecule has 1 unspecified atom stereocenters. The zero-order valence-corrected chi connectivity index (χ0v) is 13.1. The second-order valence-electron chi connectivity index (χ2n) is 5.27. The van der Waals surface area contributed by atoms with Crippen molar-refractivity contribution in [2.75, 3.05) is 33.0 Å². The first kappa shape index (κ1) is 20.8. The number of carbonyl (C=O) groups excluding carboxylic acids is 1. The van der Waals surface area contributed by atoms with E-state index in [0.29, 0.717) is 45.4 Å². The van der Waals surface area contributed by atoms with Gasteiger partial charge in [-0.3, -0.25) is 9.59 Å². The summed E-state index contributed by atoms with van der Waals surface area (Å²) in [7, 11) is 0. The van der Waals surface area contributed by atoms with Crippen LogP contribution in [0.25, 0.3) is 0 Å². The van der Waals surface area contributed by atoms with Crippen molar-refractivity contribution in [3.63, 3.8) is 0 Å². The molecule has 0 fully saturated rings. The van der Waals surface area contributed by atoms with Gasteiger partial charge in [-0.1, -0.05) is 0 Å². The number of nitrogens with one attached hydrogen (secondary N) is 1. The monoisotopic (exact) mass is 319 g/mol. The van der Waals surface area contributed by atoms with Gasteiger partial charge < -0.3 is 25.4 Å². The second kappa shape index (κ2) is 14.7. The third-order valence-corrected chi connectivity index (χ3v) is 3.24. The summed E-state index contributed by atoms with van der Waals surface area (Å²) in [5.74, 6) is -0.773. The van der Waals surface area contributed by atoms with Crippen LogP contribution in [0, 0.1) is 5.92 Å². The minimum atomic E-state index is -0.889. The highest BCUT2D eigenvalue weighted by atomic mass is 16.5. The van der Waals surface area contributed by atoms with Gasteiger partial charge in [0.1, 0.15) is 0 Å². The molecule has 0 aliphatic rings. The first-order valence-electron chi connectivity index (χ1n) is 7.88. The first-order chi connectivity index (χ1) is 10.6. The number of hydrogen-bond acceptors (Lipinski definition) is 5. The molecular weight excluding hydrogens is 290 g/mol. The van der Waals surface area contributed by atoms with E-state index in [1.54, 1.807) is 0 Å². The van der Waals surface area contributed by atoms with E-state index in [1.807, 2.05) is 0 Å². The molecule has 0 saturated carbocycles. The zero-order valence-electron chi connectivity index (χ0n) is 13.1. The van der Waals surface area contributed by atoms with Gasteiger partial charge in [0.25, 0.3) is 0 Å². The summed E-state index contributed by atoms with van der Waals surface area (Å²) < 4.78 is 5.52. The lowest BCUT2D eigenvalue weighted by Gasteiger charge is -2.15. The van der Waals surface area contributed by atoms with Gasteiger partial charge in [-0.05, 0) is 38.0 Å². The normalized spacial score (nSPS) is 12.1. The van der Waals surface area contributed by atoms with E-state index in [9.17, 15) is 9.59 Å². The maximum absolute atomic E-state index is 11.4. The summed E-state index contributed by atoms with van der Waals surface area (Å²) in [6.45, 7) is 1.85. The van der Waals surface area contributed by atoms with Crippen molar-refractivity contribution in [2.45, 2.75) is 44.9 Å². The van der Waals surface area contributed by atoms with Gasteiger partial charge in [-0.2, -0.15) is 0 Å². The molecule has 0 aliphatic carbocycles. The van der Waals surface area contributed by atoms with Crippen molar-refractivity contribution in [1.82, 2.24) is 5.32 Å². The molecule has 1 amide bonds. The van der Waals surface area contributed by atoms with Crippen molar-refractivity contribution in [3.05, 3.63) is 0 Å². The highest BCUT2D eigenvalue weighted by Crippen LogP contribution is 2.11. The maximum Gasteiger partial charge on any atom is 0.303 e. The standard InChI is InChI=1S/C15H29NO6/c17-9-2-4-13(7-10-18)12-22-11-3-8-16-14(19)5-1-6-15(20)21/h13,17-18H,1-12H2,(H,16,19)(H,20,21). The summed E-state index contributed by atoms with van der Waals surface area (Å²) in [5.41, 5.74) is 0. The molecule has 7 heteroatoms. The summed E-state index contributed by atoms with van der Waals surface area (Å²) in [6, 6.07) is 0. The number of carbonyl (C=O) groups is 2. The molecule has 0 bridgehead atoms. The maximum atomic E-state index is 11.4. The fourth-order valence-electron chi connectivity index (χ4n) is 2.01. The van der Waals surface area contributed by atoms with E-state index < -0.39 is 5.97 Å². The Morgan fingerprint density at radius 2 is 1.77 bits per heavy atom. The lowest BCUT2D eigenvalue weighted by atomic mass is 10.0. The highest BCUT2D eigenvalue weighted by molar-refractivity contribution is 5.76. The van der Waals surface area contributed by atoms with Crippen LogP contribution >= 0.6 is 0 Å². The molecular formula is C15H29NO6. The van der Waals surface area contributed by atoms with Crippen LogP contribution in [0.15, 0.2) is 0 Å². The SMILES string of the molecule is O=C(O)CCCC(=O)NCCCOCC(CCO)CCCO. The van der Waals surface area contributed by atoms with Crippen LogP contribution in [0.1, 0.15) is 44.9 Å². The zero-order chi connectivity index (χ0) is 16.6. The summed E-state index contributed by atoms with van der Waals surface area (Å²) in [6.07, 6.45) is 3.49. The van der Waals surface area contributed by atoms with Gasteiger partial charge in [0.05, 0.1) is 0 Å². The molecule has 130 valence electrons. The second-order valence-corrected chi connectivity index (χ2v) is 5.27. The molecule has 4 N–H and O–H groups in total. The quantitative estimate of drug-likeness (QED) is 0.327. The molecule has 0 radical (unpaired) electrons. The van der Waals surface area contributed by atoms with E-state index >= 15 is 0 Å². The van der Waals surface area contributed by atoms with Crippen molar-refractivity contribution in [2.24, 2.45) is 5.92 Å². The largest absolute Gasteiger partial charge is 0.481 e. The lowest BCUT2D eigenvalue weighted by Crippen LogP contribution is -2.25. The van der Waals surface area contributed by atoms with E-state index in [1.165, 1.54) is 0 Å². The topological polar surface area (TPSA) is 116 Å². The van der Waals surface area contributed by atoms with Crippen molar-refractivity contribution < 1.29 is 29.6 Å². The van der Waals surface area contributed by atoms with Gasteiger partial charge in [-0.25, -0.2) is 0 Å². The molecule has 22 heavy (non-hydrogen) atoms. The summed E-state index contributed by atoms with van der Waals surface area (Å²) in [5, 5.41) is 28.9. The highest BCUT2D eigenvalue weighted by Gasteiger charge is 2.08. The average molecular weight is 319 g/mol. The summed E-state index contributed by atoms with van der Waals surface area (Å²) >= 11 is 0. The molecule has 0 aromatic carbocycles. The summed E-state index contributed by atoms with van der Waals surface area (Å²) in [4.78, 5) is 21.7. The van der Waals surface area contributed by atoms with Crippen LogP contribution in [0.4, 0.5) is 0 Å². The van der Waals surface area contributed by atoms with E-state index in [-0.39, 0.29) is 37.9 Å².